The number of aliphatic hydroxyl groups excluding tert-OH is 2. The highest BCUT2D eigenvalue weighted by atomic mass is 16.6. The van der Waals surface area contributed by atoms with E-state index in [2.05, 4.69) is 4.74 Å². The van der Waals surface area contributed by atoms with E-state index >= 15 is 0 Å². The average Bonchev–Trinajstić information content (AvgIpc) is 2.68. The third-order valence-corrected chi connectivity index (χ3v) is 3.00. The molecule has 27 heavy (non-hydrogen) atoms. The van der Waals surface area contributed by atoms with Gasteiger partial charge in [-0.25, -0.2) is 0 Å². The van der Waals surface area contributed by atoms with Gasteiger partial charge in [0.1, 0.15) is 0 Å². The first kappa shape index (κ1) is 26.6. The molecule has 0 aliphatic rings. The van der Waals surface area contributed by atoms with Gasteiger partial charge in [-0.1, -0.05) is 0 Å². The van der Waals surface area contributed by atoms with Gasteiger partial charge in [0.25, 0.3) is 0 Å². The van der Waals surface area contributed by atoms with Crippen LogP contribution in [0.2, 0.25) is 0 Å². The summed E-state index contributed by atoms with van der Waals surface area (Å²) < 4.78 is 41.5. The van der Waals surface area contributed by atoms with Crippen LogP contribution in [-0.2, 0) is 37.9 Å². The molecule has 0 aromatic rings. The molecule has 10 nitrogen and oxygen atoms in total. The molecule has 10 heteroatoms. The summed E-state index contributed by atoms with van der Waals surface area (Å²) in [6.45, 7) is 6.27. The quantitative estimate of drug-likeness (QED) is 0.164. The van der Waals surface area contributed by atoms with Crippen LogP contribution in [0.15, 0.2) is 0 Å². The predicted molar refractivity (Wildman–Crippen MR) is 95.8 cm³/mol. The van der Waals surface area contributed by atoms with Crippen LogP contribution in [0.1, 0.15) is 0 Å². The molecule has 0 amide bonds. The Morgan fingerprint density at radius 3 is 1.11 bits per heavy atom. The second kappa shape index (κ2) is 23.6. The van der Waals surface area contributed by atoms with E-state index in [0.717, 1.165) is 0 Å². The highest BCUT2D eigenvalue weighted by Gasteiger charge is 2.00. The van der Waals surface area contributed by atoms with Crippen LogP contribution in [0.4, 0.5) is 0 Å². The van der Waals surface area contributed by atoms with Crippen molar-refractivity contribution in [2.45, 2.75) is 6.29 Å². The fraction of sp³-hybridized carbons (Fsp3) is 1.00. The zero-order valence-corrected chi connectivity index (χ0v) is 16.3. The molecule has 0 radical (unpaired) electrons. The third kappa shape index (κ3) is 23.6. The lowest BCUT2D eigenvalue weighted by atomic mass is 10.6. The Labute approximate surface area is 161 Å². The molecule has 0 heterocycles. The Bertz CT molecular complexity index is 270. The molecule has 0 saturated carbocycles. The normalized spacial score (nSPS) is 12.6. The van der Waals surface area contributed by atoms with Crippen molar-refractivity contribution in [2.24, 2.45) is 0 Å². The summed E-state index contributed by atoms with van der Waals surface area (Å²) >= 11 is 0. The van der Waals surface area contributed by atoms with E-state index in [9.17, 15) is 0 Å². The Kier molecular flexibility index (Phi) is 23.3. The van der Waals surface area contributed by atoms with Crippen LogP contribution in [0.25, 0.3) is 0 Å². The van der Waals surface area contributed by atoms with Crippen molar-refractivity contribution in [1.29, 1.82) is 0 Å². The highest BCUT2D eigenvalue weighted by molar-refractivity contribution is 4.38. The second-order valence-electron chi connectivity index (χ2n) is 5.16. The number of hydrogen-bond acceptors (Lipinski definition) is 10. The van der Waals surface area contributed by atoms with E-state index in [1.807, 2.05) is 0 Å². The number of methoxy groups -OCH3 is 1. The van der Waals surface area contributed by atoms with Crippen LogP contribution in [0.5, 0.6) is 0 Å². The van der Waals surface area contributed by atoms with Crippen molar-refractivity contribution < 1.29 is 48.1 Å². The number of rotatable bonds is 23. The Hall–Kier alpha value is -0.400. The smallest absolute Gasteiger partial charge is 0.177 e. The van der Waals surface area contributed by atoms with Gasteiger partial charge in [-0.05, 0) is 0 Å². The summed E-state index contributed by atoms with van der Waals surface area (Å²) in [5, 5.41) is 17.6. The van der Waals surface area contributed by atoms with Crippen molar-refractivity contribution in [1.82, 2.24) is 0 Å². The molecular weight excluding hydrogens is 364 g/mol. The molecule has 0 fully saturated rings. The Morgan fingerprint density at radius 1 is 0.519 bits per heavy atom. The van der Waals surface area contributed by atoms with Crippen LogP contribution >= 0.6 is 0 Å². The summed E-state index contributed by atoms with van der Waals surface area (Å²) in [6, 6.07) is 0. The van der Waals surface area contributed by atoms with Crippen LogP contribution in [0.3, 0.4) is 0 Å². The first-order chi connectivity index (χ1) is 13.3. The standard InChI is InChI=1S/C17H36O10/c1-20-17(19)16-27-15-14-26-13-12-25-11-10-24-9-8-23-7-6-22-5-4-21-3-2-18/h17-19H,2-16H2,1H3. The molecule has 0 aliphatic carbocycles. The third-order valence-electron chi connectivity index (χ3n) is 3.00. The van der Waals surface area contributed by atoms with Crippen LogP contribution < -0.4 is 0 Å². The summed E-state index contributed by atoms with van der Waals surface area (Å²) in [6.07, 6.45) is -0.894. The SMILES string of the molecule is COC(O)COCCOCCOCCOCCOCCOCCOCCO. The first-order valence-corrected chi connectivity index (χ1v) is 9.17. The molecule has 164 valence electrons. The summed E-state index contributed by atoms with van der Waals surface area (Å²) in [5.41, 5.74) is 0. The number of aliphatic hydroxyl groups is 2. The fourth-order valence-corrected chi connectivity index (χ4v) is 1.64. The topological polar surface area (TPSA) is 114 Å². The van der Waals surface area contributed by atoms with Gasteiger partial charge in [-0.2, -0.15) is 0 Å². The van der Waals surface area contributed by atoms with E-state index in [-0.39, 0.29) is 13.2 Å². The first-order valence-electron chi connectivity index (χ1n) is 9.17. The molecule has 0 aromatic carbocycles. The average molecular weight is 400 g/mol. The minimum absolute atomic E-state index is 0.0273. The van der Waals surface area contributed by atoms with E-state index in [1.165, 1.54) is 7.11 Å². The van der Waals surface area contributed by atoms with E-state index in [0.29, 0.717) is 85.9 Å². The molecule has 1 atom stereocenters. The summed E-state index contributed by atoms with van der Waals surface area (Å²) in [4.78, 5) is 0. The van der Waals surface area contributed by atoms with Gasteiger partial charge in [0.15, 0.2) is 6.29 Å². The van der Waals surface area contributed by atoms with Gasteiger partial charge in [-0.3, -0.25) is 0 Å². The van der Waals surface area contributed by atoms with Gasteiger partial charge in [0, 0.05) is 7.11 Å². The van der Waals surface area contributed by atoms with Crippen molar-refractivity contribution in [3.8, 4) is 0 Å². The Balaban J connectivity index is 2.99. The second-order valence-corrected chi connectivity index (χ2v) is 5.16. The van der Waals surface area contributed by atoms with Gasteiger partial charge >= 0.3 is 0 Å². The van der Waals surface area contributed by atoms with Gasteiger partial charge in [0.2, 0.25) is 0 Å². The molecule has 0 aliphatic heterocycles. The van der Waals surface area contributed by atoms with Gasteiger partial charge < -0.3 is 48.1 Å². The van der Waals surface area contributed by atoms with E-state index in [1.54, 1.807) is 0 Å². The molecule has 1 unspecified atom stereocenters. The maximum absolute atomic E-state index is 9.07. The minimum atomic E-state index is -0.894. The van der Waals surface area contributed by atoms with Crippen LogP contribution in [0, 0.1) is 0 Å². The lowest BCUT2D eigenvalue weighted by Crippen LogP contribution is -2.19. The maximum atomic E-state index is 9.07. The molecule has 0 aromatic heterocycles. The zero-order valence-electron chi connectivity index (χ0n) is 16.3. The monoisotopic (exact) mass is 400 g/mol. The lowest BCUT2D eigenvalue weighted by molar-refractivity contribution is -0.123. The van der Waals surface area contributed by atoms with Crippen molar-refractivity contribution in [3.63, 3.8) is 0 Å². The molecule has 0 spiro atoms. The van der Waals surface area contributed by atoms with E-state index in [4.69, 9.17) is 43.4 Å². The lowest BCUT2D eigenvalue weighted by Gasteiger charge is -2.10. The largest absolute Gasteiger partial charge is 0.394 e. The summed E-state index contributed by atoms with van der Waals surface area (Å²) in [5.74, 6) is 0. The Morgan fingerprint density at radius 2 is 0.815 bits per heavy atom. The zero-order chi connectivity index (χ0) is 19.8. The van der Waals surface area contributed by atoms with Gasteiger partial charge in [-0.15, -0.1) is 0 Å². The molecule has 2 N–H and O–H groups in total. The van der Waals surface area contributed by atoms with Crippen molar-refractivity contribution in [3.05, 3.63) is 0 Å². The predicted octanol–water partition coefficient (Wildman–Crippen LogP) is -0.940. The minimum Gasteiger partial charge on any atom is -0.394 e. The fourth-order valence-electron chi connectivity index (χ4n) is 1.64. The van der Waals surface area contributed by atoms with E-state index < -0.39 is 6.29 Å². The molecule has 0 saturated heterocycles. The molecule has 0 rings (SSSR count). The van der Waals surface area contributed by atoms with Crippen molar-refractivity contribution in [2.75, 3.05) is 106 Å². The highest BCUT2D eigenvalue weighted by Crippen LogP contribution is 1.87. The summed E-state index contributed by atoms with van der Waals surface area (Å²) in [7, 11) is 1.41. The number of hydrogen-bond donors (Lipinski definition) is 2. The number of ether oxygens (including phenoxy) is 8. The van der Waals surface area contributed by atoms with Crippen molar-refractivity contribution >= 4 is 0 Å². The van der Waals surface area contributed by atoms with Gasteiger partial charge in [0.05, 0.1) is 99.1 Å². The maximum Gasteiger partial charge on any atom is 0.177 e. The van der Waals surface area contributed by atoms with Crippen LogP contribution in [-0.4, -0.2) is 123 Å². The molecular formula is C17H36O10. The molecule has 0 bridgehead atoms.